The van der Waals surface area contributed by atoms with Crippen LogP contribution in [0.2, 0.25) is 0 Å². The van der Waals surface area contributed by atoms with Gasteiger partial charge < -0.3 is 5.11 Å². The number of aliphatic carboxylic acids is 1. The smallest absolute Gasteiger partial charge is 0.354 e. The molecule has 1 aliphatic rings. The highest BCUT2D eigenvalue weighted by Gasteiger charge is 2.21. The van der Waals surface area contributed by atoms with Crippen LogP contribution < -0.4 is 5.48 Å². The summed E-state index contributed by atoms with van der Waals surface area (Å²) in [6.45, 7) is 0. The Morgan fingerprint density at radius 2 is 2.07 bits per heavy atom. The standard InChI is InChI=1S/C10H8FNO3/c11-7-3-1-6(2-4-7)9-5-8(10(13)14)12-15-9/h1-5,9,12H,(H,13,14). The van der Waals surface area contributed by atoms with E-state index in [0.717, 1.165) is 0 Å². The summed E-state index contributed by atoms with van der Waals surface area (Å²) in [6.07, 6.45) is 0.937. The lowest BCUT2D eigenvalue weighted by atomic mass is 10.1. The predicted molar refractivity (Wildman–Crippen MR) is 49.1 cm³/mol. The SMILES string of the molecule is O=C(O)C1=CC(c2ccc(F)cc2)ON1. The van der Waals surface area contributed by atoms with Gasteiger partial charge in [-0.3, -0.25) is 10.3 Å². The van der Waals surface area contributed by atoms with E-state index in [2.05, 4.69) is 5.48 Å². The monoisotopic (exact) mass is 209 g/mol. The third-order valence-electron chi connectivity index (χ3n) is 2.04. The summed E-state index contributed by atoms with van der Waals surface area (Å²) in [6, 6.07) is 5.68. The maximum Gasteiger partial charge on any atom is 0.354 e. The summed E-state index contributed by atoms with van der Waals surface area (Å²) in [4.78, 5) is 15.6. The fourth-order valence-electron chi connectivity index (χ4n) is 1.28. The van der Waals surface area contributed by atoms with E-state index in [0.29, 0.717) is 5.56 Å². The third kappa shape index (κ3) is 1.97. The van der Waals surface area contributed by atoms with Crippen molar-refractivity contribution in [3.63, 3.8) is 0 Å². The molecule has 1 aromatic rings. The van der Waals surface area contributed by atoms with E-state index in [4.69, 9.17) is 9.94 Å². The first-order valence-corrected chi connectivity index (χ1v) is 4.29. The summed E-state index contributed by atoms with van der Waals surface area (Å²) in [5.74, 6) is -1.42. The highest BCUT2D eigenvalue weighted by atomic mass is 19.1. The molecule has 1 aromatic carbocycles. The zero-order chi connectivity index (χ0) is 10.8. The van der Waals surface area contributed by atoms with Crippen molar-refractivity contribution in [1.82, 2.24) is 5.48 Å². The normalized spacial score (nSPS) is 19.5. The van der Waals surface area contributed by atoms with Crippen LogP contribution in [-0.2, 0) is 9.63 Å². The second kappa shape index (κ2) is 3.70. The van der Waals surface area contributed by atoms with Gasteiger partial charge in [-0.25, -0.2) is 9.18 Å². The van der Waals surface area contributed by atoms with Crippen LogP contribution in [0, 0.1) is 5.82 Å². The maximum atomic E-state index is 12.6. The van der Waals surface area contributed by atoms with Gasteiger partial charge in [-0.1, -0.05) is 12.1 Å². The Morgan fingerprint density at radius 1 is 1.40 bits per heavy atom. The van der Waals surface area contributed by atoms with E-state index in [-0.39, 0.29) is 11.5 Å². The number of halogens is 1. The number of nitrogens with one attached hydrogen (secondary N) is 1. The van der Waals surface area contributed by atoms with Crippen LogP contribution >= 0.6 is 0 Å². The highest BCUT2D eigenvalue weighted by Crippen LogP contribution is 2.23. The minimum absolute atomic E-state index is 0.00988. The van der Waals surface area contributed by atoms with E-state index in [1.807, 2.05) is 0 Å². The minimum atomic E-state index is -1.08. The van der Waals surface area contributed by atoms with Gasteiger partial charge in [0, 0.05) is 0 Å². The molecule has 2 rings (SSSR count). The van der Waals surface area contributed by atoms with Gasteiger partial charge in [0.05, 0.1) is 0 Å². The third-order valence-corrected chi connectivity index (χ3v) is 2.04. The number of carboxylic acids is 1. The van der Waals surface area contributed by atoms with Crippen molar-refractivity contribution in [2.45, 2.75) is 6.10 Å². The molecular formula is C10H8FNO3. The molecule has 1 aliphatic heterocycles. The van der Waals surface area contributed by atoms with Crippen molar-refractivity contribution in [3.05, 3.63) is 47.4 Å². The van der Waals surface area contributed by atoms with Crippen LogP contribution in [0.15, 0.2) is 36.0 Å². The fourth-order valence-corrected chi connectivity index (χ4v) is 1.28. The molecule has 0 spiro atoms. The number of rotatable bonds is 2. The highest BCUT2D eigenvalue weighted by molar-refractivity contribution is 5.86. The summed E-state index contributed by atoms with van der Waals surface area (Å²) < 4.78 is 12.6. The molecule has 0 aromatic heterocycles. The van der Waals surface area contributed by atoms with Crippen molar-refractivity contribution in [2.75, 3.05) is 0 Å². The number of hydroxylamine groups is 1. The lowest BCUT2D eigenvalue weighted by Gasteiger charge is -2.06. The van der Waals surface area contributed by atoms with Crippen LogP contribution in [0.25, 0.3) is 0 Å². The minimum Gasteiger partial charge on any atom is -0.477 e. The Morgan fingerprint density at radius 3 is 2.60 bits per heavy atom. The Bertz CT molecular complexity index is 413. The second-order valence-electron chi connectivity index (χ2n) is 3.08. The van der Waals surface area contributed by atoms with Crippen molar-refractivity contribution in [2.24, 2.45) is 0 Å². The molecule has 5 heteroatoms. The number of benzene rings is 1. The number of hydrogen-bond acceptors (Lipinski definition) is 3. The molecular weight excluding hydrogens is 201 g/mol. The van der Waals surface area contributed by atoms with Gasteiger partial charge in [0.2, 0.25) is 0 Å². The van der Waals surface area contributed by atoms with E-state index in [1.165, 1.54) is 18.2 Å². The predicted octanol–water partition coefficient (Wildman–Crippen LogP) is 1.37. The van der Waals surface area contributed by atoms with Crippen LogP contribution in [0.5, 0.6) is 0 Å². The molecule has 2 N–H and O–H groups in total. The molecule has 0 fully saturated rings. The molecule has 1 atom stereocenters. The molecule has 0 radical (unpaired) electrons. The molecule has 4 nitrogen and oxygen atoms in total. The lowest BCUT2D eigenvalue weighted by molar-refractivity contribution is -0.134. The molecule has 78 valence electrons. The maximum absolute atomic E-state index is 12.6. The second-order valence-corrected chi connectivity index (χ2v) is 3.08. The zero-order valence-electron chi connectivity index (χ0n) is 7.61. The Labute approximate surface area is 84.9 Å². The first-order chi connectivity index (χ1) is 7.16. The van der Waals surface area contributed by atoms with Gasteiger partial charge in [-0.2, -0.15) is 0 Å². The first kappa shape index (κ1) is 9.67. The largest absolute Gasteiger partial charge is 0.477 e. The van der Waals surface area contributed by atoms with Crippen LogP contribution in [-0.4, -0.2) is 11.1 Å². The Kier molecular flexibility index (Phi) is 2.39. The lowest BCUT2D eigenvalue weighted by Crippen LogP contribution is -2.14. The summed E-state index contributed by atoms with van der Waals surface area (Å²) >= 11 is 0. The molecule has 0 saturated heterocycles. The molecule has 0 bridgehead atoms. The van der Waals surface area contributed by atoms with E-state index < -0.39 is 12.1 Å². The molecule has 0 aliphatic carbocycles. The Balaban J connectivity index is 2.20. The van der Waals surface area contributed by atoms with E-state index in [9.17, 15) is 9.18 Å². The molecule has 0 amide bonds. The summed E-state index contributed by atoms with van der Waals surface area (Å²) in [5.41, 5.74) is 2.97. The molecule has 1 heterocycles. The van der Waals surface area contributed by atoms with Gasteiger partial charge in [0.25, 0.3) is 0 Å². The summed E-state index contributed by atoms with van der Waals surface area (Å²) in [7, 11) is 0. The van der Waals surface area contributed by atoms with E-state index in [1.54, 1.807) is 12.1 Å². The van der Waals surface area contributed by atoms with E-state index >= 15 is 0 Å². The average molecular weight is 209 g/mol. The number of hydrogen-bond donors (Lipinski definition) is 2. The quantitative estimate of drug-likeness (QED) is 0.772. The van der Waals surface area contributed by atoms with Crippen molar-refractivity contribution in [3.8, 4) is 0 Å². The van der Waals surface area contributed by atoms with Crippen molar-refractivity contribution < 1.29 is 19.1 Å². The van der Waals surface area contributed by atoms with Crippen LogP contribution in [0.4, 0.5) is 4.39 Å². The number of carboxylic acid groups (broad SMARTS) is 1. The molecule has 0 saturated carbocycles. The van der Waals surface area contributed by atoms with Crippen LogP contribution in [0.1, 0.15) is 11.7 Å². The average Bonchev–Trinajstić information content (AvgIpc) is 2.68. The fraction of sp³-hybridized carbons (Fsp3) is 0.100. The van der Waals surface area contributed by atoms with Gasteiger partial charge in [0.15, 0.2) is 0 Å². The van der Waals surface area contributed by atoms with Crippen molar-refractivity contribution >= 4 is 5.97 Å². The molecule has 15 heavy (non-hydrogen) atoms. The van der Waals surface area contributed by atoms with Gasteiger partial charge in [-0.05, 0) is 23.8 Å². The summed E-state index contributed by atoms with van der Waals surface area (Å²) in [5, 5.41) is 8.65. The van der Waals surface area contributed by atoms with Crippen molar-refractivity contribution in [1.29, 1.82) is 0 Å². The van der Waals surface area contributed by atoms with Crippen LogP contribution in [0.3, 0.4) is 0 Å². The topological polar surface area (TPSA) is 58.6 Å². The number of carbonyl (C=O) groups is 1. The molecule has 1 unspecified atom stereocenters. The zero-order valence-corrected chi connectivity index (χ0v) is 7.61. The Hall–Kier alpha value is -1.88. The van der Waals surface area contributed by atoms with Gasteiger partial charge in [0.1, 0.15) is 17.6 Å². The van der Waals surface area contributed by atoms with Gasteiger partial charge in [-0.15, -0.1) is 0 Å². The first-order valence-electron chi connectivity index (χ1n) is 4.29. The van der Waals surface area contributed by atoms with Gasteiger partial charge >= 0.3 is 5.97 Å².